The van der Waals surface area contributed by atoms with Gasteiger partial charge in [0.25, 0.3) is 0 Å². The molecule has 0 radical (unpaired) electrons. The van der Waals surface area contributed by atoms with Gasteiger partial charge >= 0.3 is 5.97 Å². The van der Waals surface area contributed by atoms with Crippen molar-refractivity contribution in [2.24, 2.45) is 11.0 Å². The molecule has 0 aromatic heterocycles. The van der Waals surface area contributed by atoms with Crippen molar-refractivity contribution < 1.29 is 14.7 Å². The van der Waals surface area contributed by atoms with Crippen LogP contribution in [0.3, 0.4) is 0 Å². The average Bonchev–Trinajstić information content (AvgIpc) is 3.22. The summed E-state index contributed by atoms with van der Waals surface area (Å²) in [6.45, 7) is 1.65. The SMILES string of the molecule is C[C@H](C[C@@H](Cc1ccc(-c2ccccc2)cc1)NC(=O)CC1=NNNN1)C(=O)O. The van der Waals surface area contributed by atoms with Crippen molar-refractivity contribution in [1.29, 1.82) is 0 Å². The molecule has 2 aromatic carbocycles. The van der Waals surface area contributed by atoms with E-state index in [4.69, 9.17) is 0 Å². The number of nitrogens with one attached hydrogen (secondary N) is 4. The van der Waals surface area contributed by atoms with Gasteiger partial charge in [0.15, 0.2) is 0 Å². The van der Waals surface area contributed by atoms with Gasteiger partial charge in [0.05, 0.1) is 12.3 Å². The van der Waals surface area contributed by atoms with Gasteiger partial charge in [0, 0.05) is 6.04 Å². The standard InChI is InChI=1S/C21H25N5O3/c1-14(21(28)29)11-18(22-20(27)13-19-23-25-26-24-19)12-15-7-9-17(10-8-15)16-5-3-2-4-6-16/h2-10,14,18,25-26H,11-13H2,1H3,(H,22,27)(H,23,24)(H,28,29)/t14-,18+/m1/s1. The second-order valence-electron chi connectivity index (χ2n) is 7.10. The number of rotatable bonds is 9. The van der Waals surface area contributed by atoms with Gasteiger partial charge in [-0.2, -0.15) is 0 Å². The van der Waals surface area contributed by atoms with Crippen molar-refractivity contribution in [3.63, 3.8) is 0 Å². The van der Waals surface area contributed by atoms with Crippen LogP contribution in [0.4, 0.5) is 0 Å². The molecule has 0 aliphatic carbocycles. The Morgan fingerprint density at radius 3 is 2.38 bits per heavy atom. The summed E-state index contributed by atoms with van der Waals surface area (Å²) in [7, 11) is 0. The first-order chi connectivity index (χ1) is 14.0. The fourth-order valence-corrected chi connectivity index (χ4v) is 3.21. The maximum atomic E-state index is 12.4. The Labute approximate surface area is 169 Å². The predicted octanol–water partition coefficient (Wildman–Crippen LogP) is 1.81. The van der Waals surface area contributed by atoms with E-state index in [1.807, 2.05) is 42.5 Å². The second kappa shape index (κ2) is 9.70. The number of amidine groups is 1. The lowest BCUT2D eigenvalue weighted by molar-refractivity contribution is -0.141. The van der Waals surface area contributed by atoms with Crippen LogP contribution in [0.15, 0.2) is 59.7 Å². The first-order valence-corrected chi connectivity index (χ1v) is 9.50. The van der Waals surface area contributed by atoms with Crippen LogP contribution in [0.2, 0.25) is 0 Å². The van der Waals surface area contributed by atoms with Crippen molar-refractivity contribution >= 4 is 17.7 Å². The Morgan fingerprint density at radius 1 is 1.07 bits per heavy atom. The molecule has 1 heterocycles. The zero-order chi connectivity index (χ0) is 20.6. The maximum Gasteiger partial charge on any atom is 0.306 e. The molecule has 1 aliphatic rings. The van der Waals surface area contributed by atoms with Crippen LogP contribution in [0.25, 0.3) is 11.1 Å². The molecule has 0 saturated carbocycles. The number of carboxylic acids is 1. The highest BCUT2D eigenvalue weighted by Crippen LogP contribution is 2.20. The van der Waals surface area contributed by atoms with E-state index in [2.05, 4.69) is 39.0 Å². The number of hydrazine groups is 2. The summed E-state index contributed by atoms with van der Waals surface area (Å²) in [5, 5.41) is 16.1. The minimum atomic E-state index is -0.876. The topological polar surface area (TPSA) is 115 Å². The average molecular weight is 395 g/mol. The minimum absolute atomic E-state index is 0.0743. The molecule has 2 atom stereocenters. The van der Waals surface area contributed by atoms with Crippen molar-refractivity contribution in [2.75, 3.05) is 0 Å². The lowest BCUT2D eigenvalue weighted by atomic mass is 9.95. The fourth-order valence-electron chi connectivity index (χ4n) is 3.21. The Morgan fingerprint density at radius 2 is 1.76 bits per heavy atom. The van der Waals surface area contributed by atoms with E-state index in [-0.39, 0.29) is 18.4 Å². The molecular weight excluding hydrogens is 370 g/mol. The highest BCUT2D eigenvalue weighted by molar-refractivity contribution is 6.00. The van der Waals surface area contributed by atoms with Crippen molar-refractivity contribution in [1.82, 2.24) is 21.8 Å². The Bertz CT molecular complexity index is 868. The molecule has 2 aromatic rings. The largest absolute Gasteiger partial charge is 0.481 e. The van der Waals surface area contributed by atoms with Gasteiger partial charge in [-0.05, 0) is 29.5 Å². The quantitative estimate of drug-likeness (QED) is 0.442. The lowest BCUT2D eigenvalue weighted by Gasteiger charge is -2.21. The summed E-state index contributed by atoms with van der Waals surface area (Å²) in [6.07, 6.45) is 0.970. The monoisotopic (exact) mass is 395 g/mol. The van der Waals surface area contributed by atoms with E-state index in [0.29, 0.717) is 18.7 Å². The lowest BCUT2D eigenvalue weighted by Crippen LogP contribution is -2.41. The van der Waals surface area contributed by atoms with Gasteiger partial charge < -0.3 is 10.4 Å². The number of aliphatic carboxylic acids is 1. The number of hydrogen-bond donors (Lipinski definition) is 5. The normalized spacial score (nSPS) is 14.9. The molecule has 8 heteroatoms. The number of carbonyl (C=O) groups is 2. The van der Waals surface area contributed by atoms with E-state index in [1.165, 1.54) is 0 Å². The molecule has 0 saturated heterocycles. The molecule has 0 fully saturated rings. The first kappa shape index (κ1) is 20.3. The van der Waals surface area contributed by atoms with E-state index >= 15 is 0 Å². The minimum Gasteiger partial charge on any atom is -0.481 e. The van der Waals surface area contributed by atoms with E-state index in [9.17, 15) is 14.7 Å². The highest BCUT2D eigenvalue weighted by Gasteiger charge is 2.21. The maximum absolute atomic E-state index is 12.4. The predicted molar refractivity (Wildman–Crippen MR) is 110 cm³/mol. The van der Waals surface area contributed by atoms with Gasteiger partial charge in [-0.15, -0.1) is 10.6 Å². The third-order valence-electron chi connectivity index (χ3n) is 4.75. The van der Waals surface area contributed by atoms with Crippen LogP contribution in [0, 0.1) is 5.92 Å². The van der Waals surface area contributed by atoms with Crippen LogP contribution in [-0.2, 0) is 16.0 Å². The van der Waals surface area contributed by atoms with Gasteiger partial charge in [-0.1, -0.05) is 61.5 Å². The molecule has 8 nitrogen and oxygen atoms in total. The van der Waals surface area contributed by atoms with Gasteiger partial charge in [-0.3, -0.25) is 15.0 Å². The van der Waals surface area contributed by atoms with E-state index < -0.39 is 11.9 Å². The molecule has 3 rings (SSSR count). The number of hydrogen-bond acceptors (Lipinski definition) is 6. The summed E-state index contributed by atoms with van der Waals surface area (Å²) in [5.74, 6) is -1.18. The number of nitrogens with zero attached hydrogens (tertiary/aromatic N) is 1. The number of amides is 1. The van der Waals surface area contributed by atoms with E-state index in [1.54, 1.807) is 6.92 Å². The third-order valence-corrected chi connectivity index (χ3v) is 4.75. The molecular formula is C21H25N5O3. The summed E-state index contributed by atoms with van der Waals surface area (Å²) in [6, 6.07) is 17.9. The summed E-state index contributed by atoms with van der Waals surface area (Å²) in [4.78, 5) is 23.7. The number of carbonyl (C=O) groups excluding carboxylic acids is 1. The van der Waals surface area contributed by atoms with Crippen LogP contribution in [0.1, 0.15) is 25.3 Å². The molecule has 1 amide bonds. The van der Waals surface area contributed by atoms with Gasteiger partial charge in [0.1, 0.15) is 5.84 Å². The van der Waals surface area contributed by atoms with Crippen LogP contribution >= 0.6 is 0 Å². The van der Waals surface area contributed by atoms with Crippen molar-refractivity contribution in [3.05, 3.63) is 60.2 Å². The molecule has 0 unspecified atom stereocenters. The molecule has 29 heavy (non-hydrogen) atoms. The molecule has 152 valence electrons. The van der Waals surface area contributed by atoms with Crippen molar-refractivity contribution in [3.8, 4) is 11.1 Å². The van der Waals surface area contributed by atoms with Crippen LogP contribution in [0.5, 0.6) is 0 Å². The summed E-state index contributed by atoms with van der Waals surface area (Å²) in [5.41, 5.74) is 11.1. The highest BCUT2D eigenvalue weighted by atomic mass is 16.4. The molecule has 0 bridgehead atoms. The zero-order valence-electron chi connectivity index (χ0n) is 16.2. The molecule has 1 aliphatic heterocycles. The summed E-state index contributed by atoms with van der Waals surface area (Å²) >= 11 is 0. The number of benzene rings is 2. The number of hydrazone groups is 1. The number of carboxylic acid groups (broad SMARTS) is 1. The van der Waals surface area contributed by atoms with Crippen molar-refractivity contribution in [2.45, 2.75) is 32.2 Å². The van der Waals surface area contributed by atoms with Crippen LogP contribution < -0.4 is 21.8 Å². The van der Waals surface area contributed by atoms with E-state index in [0.717, 1.165) is 16.7 Å². The van der Waals surface area contributed by atoms with Gasteiger partial charge in [-0.25, -0.2) is 5.53 Å². The second-order valence-corrected chi connectivity index (χ2v) is 7.10. The summed E-state index contributed by atoms with van der Waals surface area (Å²) < 4.78 is 0. The Kier molecular flexibility index (Phi) is 6.80. The first-order valence-electron chi connectivity index (χ1n) is 9.50. The van der Waals surface area contributed by atoms with Crippen LogP contribution in [-0.4, -0.2) is 28.9 Å². The zero-order valence-corrected chi connectivity index (χ0v) is 16.2. The Balaban J connectivity index is 1.66. The smallest absolute Gasteiger partial charge is 0.306 e. The molecule has 5 N–H and O–H groups in total. The van der Waals surface area contributed by atoms with Gasteiger partial charge in [0.2, 0.25) is 5.91 Å². The third kappa shape index (κ3) is 6.05. The fraction of sp³-hybridized carbons (Fsp3) is 0.286. The Hall–Kier alpha value is -3.39. The molecule has 0 spiro atoms.